The van der Waals surface area contributed by atoms with Gasteiger partial charge in [0.1, 0.15) is 5.82 Å². The van der Waals surface area contributed by atoms with Crippen molar-refractivity contribution in [3.05, 3.63) is 53.4 Å². The molecule has 1 unspecified atom stereocenters. The van der Waals surface area contributed by atoms with Crippen molar-refractivity contribution in [1.82, 2.24) is 9.97 Å². The van der Waals surface area contributed by atoms with Crippen molar-refractivity contribution >= 4 is 11.6 Å². The van der Waals surface area contributed by atoms with Crippen LogP contribution in [0.4, 0.5) is 10.1 Å². The van der Waals surface area contributed by atoms with Crippen LogP contribution in [0, 0.1) is 31.0 Å². The SMILES string of the molecule is Cc1cc(C)nc(C(C#N)C(=O)Nc2ccccc2F)n1. The number of carbonyl (C=O) groups excluding carboxylic acids is 1. The number of nitrogens with zero attached hydrogens (tertiary/aromatic N) is 3. The first-order chi connectivity index (χ1) is 10.0. The quantitative estimate of drug-likeness (QED) is 0.939. The molecule has 1 atom stereocenters. The molecular weight excluding hydrogens is 271 g/mol. The zero-order chi connectivity index (χ0) is 15.4. The highest BCUT2D eigenvalue weighted by Crippen LogP contribution is 2.17. The lowest BCUT2D eigenvalue weighted by Gasteiger charge is -2.11. The van der Waals surface area contributed by atoms with E-state index in [0.717, 1.165) is 0 Å². The van der Waals surface area contributed by atoms with Gasteiger partial charge in [-0.2, -0.15) is 5.26 Å². The maximum Gasteiger partial charge on any atom is 0.249 e. The molecule has 2 aromatic rings. The number of nitrogens with one attached hydrogen (secondary N) is 1. The lowest BCUT2D eigenvalue weighted by molar-refractivity contribution is -0.116. The molecule has 2 rings (SSSR count). The Bertz CT molecular complexity index is 704. The maximum atomic E-state index is 13.5. The van der Waals surface area contributed by atoms with Crippen LogP contribution < -0.4 is 5.32 Å². The summed E-state index contributed by atoms with van der Waals surface area (Å²) in [6.45, 7) is 3.50. The van der Waals surface area contributed by atoms with Crippen LogP contribution in [0.3, 0.4) is 0 Å². The fourth-order valence-electron chi connectivity index (χ4n) is 1.88. The number of rotatable bonds is 3. The molecule has 0 aliphatic heterocycles. The number of carbonyl (C=O) groups is 1. The lowest BCUT2D eigenvalue weighted by Crippen LogP contribution is -2.22. The van der Waals surface area contributed by atoms with Crippen molar-refractivity contribution in [2.75, 3.05) is 5.32 Å². The van der Waals surface area contributed by atoms with Gasteiger partial charge >= 0.3 is 0 Å². The molecule has 1 N–H and O–H groups in total. The summed E-state index contributed by atoms with van der Waals surface area (Å²) in [7, 11) is 0. The third-order valence-electron chi connectivity index (χ3n) is 2.78. The Hall–Kier alpha value is -2.81. The average Bonchev–Trinajstić information content (AvgIpc) is 2.41. The Morgan fingerprint density at radius 3 is 2.48 bits per heavy atom. The summed E-state index contributed by atoms with van der Waals surface area (Å²) >= 11 is 0. The van der Waals surface area contributed by atoms with Gasteiger partial charge in [-0.3, -0.25) is 4.79 Å². The molecule has 0 radical (unpaired) electrons. The Morgan fingerprint density at radius 2 is 1.90 bits per heavy atom. The number of benzene rings is 1. The van der Waals surface area contributed by atoms with Crippen molar-refractivity contribution in [1.29, 1.82) is 5.26 Å². The minimum Gasteiger partial charge on any atom is -0.322 e. The molecule has 0 saturated heterocycles. The number of para-hydroxylation sites is 1. The summed E-state index contributed by atoms with van der Waals surface area (Å²) in [6.07, 6.45) is 0. The standard InChI is InChI=1S/C15H13FN4O/c1-9-7-10(2)19-14(18-9)11(8-17)15(21)20-13-6-4-3-5-12(13)16/h3-7,11H,1-2H3,(H,20,21). The van der Waals surface area contributed by atoms with Gasteiger partial charge in [-0.15, -0.1) is 0 Å². The molecule has 0 spiro atoms. The van der Waals surface area contributed by atoms with Crippen molar-refractivity contribution in [3.63, 3.8) is 0 Å². The van der Waals surface area contributed by atoms with Gasteiger partial charge in [0.25, 0.3) is 0 Å². The minimum absolute atomic E-state index is 0.0205. The molecular formula is C15H13FN4O. The topological polar surface area (TPSA) is 78.7 Å². The molecule has 0 aliphatic carbocycles. The number of aromatic nitrogens is 2. The van der Waals surface area contributed by atoms with Crippen molar-refractivity contribution < 1.29 is 9.18 Å². The first kappa shape index (κ1) is 14.6. The molecule has 106 valence electrons. The second kappa shape index (κ2) is 6.09. The monoisotopic (exact) mass is 284 g/mol. The second-order valence-electron chi connectivity index (χ2n) is 4.54. The van der Waals surface area contributed by atoms with Crippen LogP contribution in [-0.2, 0) is 4.79 Å². The van der Waals surface area contributed by atoms with E-state index in [1.165, 1.54) is 18.2 Å². The molecule has 21 heavy (non-hydrogen) atoms. The van der Waals surface area contributed by atoms with E-state index in [1.807, 2.05) is 6.07 Å². The van der Waals surface area contributed by atoms with E-state index in [2.05, 4.69) is 15.3 Å². The van der Waals surface area contributed by atoms with E-state index in [1.54, 1.807) is 26.0 Å². The van der Waals surface area contributed by atoms with Crippen molar-refractivity contribution in [2.45, 2.75) is 19.8 Å². The van der Waals surface area contributed by atoms with Gasteiger partial charge < -0.3 is 5.32 Å². The van der Waals surface area contributed by atoms with Gasteiger partial charge in [0.05, 0.1) is 11.8 Å². The van der Waals surface area contributed by atoms with Gasteiger partial charge in [0, 0.05) is 11.4 Å². The smallest absolute Gasteiger partial charge is 0.249 e. The second-order valence-corrected chi connectivity index (χ2v) is 4.54. The van der Waals surface area contributed by atoms with Gasteiger partial charge in [0.15, 0.2) is 11.7 Å². The third kappa shape index (κ3) is 3.39. The number of anilines is 1. The summed E-state index contributed by atoms with van der Waals surface area (Å²) in [6, 6.07) is 9.35. The highest BCUT2D eigenvalue weighted by atomic mass is 19.1. The van der Waals surface area contributed by atoms with E-state index in [9.17, 15) is 14.4 Å². The van der Waals surface area contributed by atoms with E-state index < -0.39 is 17.6 Å². The number of nitriles is 1. The molecule has 1 heterocycles. The Balaban J connectivity index is 2.27. The van der Waals surface area contributed by atoms with E-state index in [4.69, 9.17) is 0 Å². The molecule has 0 saturated carbocycles. The zero-order valence-corrected chi connectivity index (χ0v) is 11.6. The summed E-state index contributed by atoms with van der Waals surface area (Å²) in [5.41, 5.74) is 1.35. The molecule has 1 aromatic heterocycles. The Morgan fingerprint density at radius 1 is 1.29 bits per heavy atom. The molecule has 0 aliphatic rings. The highest BCUT2D eigenvalue weighted by Gasteiger charge is 2.24. The minimum atomic E-state index is -1.19. The number of aryl methyl sites for hydroxylation is 2. The van der Waals surface area contributed by atoms with Gasteiger partial charge in [0.2, 0.25) is 5.91 Å². The number of halogens is 1. The fraction of sp³-hybridized carbons (Fsp3) is 0.200. The Kier molecular flexibility index (Phi) is 4.24. The van der Waals surface area contributed by atoms with Gasteiger partial charge in [-0.1, -0.05) is 12.1 Å². The van der Waals surface area contributed by atoms with Gasteiger partial charge in [-0.25, -0.2) is 14.4 Å². The fourth-order valence-corrected chi connectivity index (χ4v) is 1.88. The van der Waals surface area contributed by atoms with E-state index in [0.29, 0.717) is 11.4 Å². The molecule has 1 amide bonds. The predicted octanol–water partition coefficient (Wildman–Crippen LogP) is 2.48. The molecule has 6 heteroatoms. The molecule has 0 bridgehead atoms. The van der Waals surface area contributed by atoms with Crippen LogP contribution >= 0.6 is 0 Å². The van der Waals surface area contributed by atoms with Crippen LogP contribution in [0.25, 0.3) is 0 Å². The zero-order valence-electron chi connectivity index (χ0n) is 11.6. The number of amides is 1. The summed E-state index contributed by atoms with van der Waals surface area (Å²) < 4.78 is 13.5. The number of hydrogen-bond acceptors (Lipinski definition) is 4. The maximum absolute atomic E-state index is 13.5. The van der Waals surface area contributed by atoms with Crippen LogP contribution in [0.5, 0.6) is 0 Å². The van der Waals surface area contributed by atoms with Crippen molar-refractivity contribution in [2.24, 2.45) is 0 Å². The largest absolute Gasteiger partial charge is 0.322 e. The van der Waals surface area contributed by atoms with Gasteiger partial charge in [-0.05, 0) is 32.0 Å². The normalized spacial score (nSPS) is 11.5. The summed E-state index contributed by atoms with van der Waals surface area (Å²) in [4.78, 5) is 20.3. The average molecular weight is 284 g/mol. The molecule has 0 fully saturated rings. The number of hydrogen-bond donors (Lipinski definition) is 1. The van der Waals surface area contributed by atoms with Crippen molar-refractivity contribution in [3.8, 4) is 6.07 Å². The predicted molar refractivity (Wildman–Crippen MR) is 74.9 cm³/mol. The molecule has 1 aromatic carbocycles. The van der Waals surface area contributed by atoms with E-state index >= 15 is 0 Å². The van der Waals surface area contributed by atoms with E-state index in [-0.39, 0.29) is 11.5 Å². The third-order valence-corrected chi connectivity index (χ3v) is 2.78. The highest BCUT2D eigenvalue weighted by molar-refractivity contribution is 5.97. The van der Waals surface area contributed by atoms with Crippen LogP contribution in [-0.4, -0.2) is 15.9 Å². The Labute approximate surface area is 121 Å². The van der Waals surface area contributed by atoms with Crippen LogP contribution in [0.1, 0.15) is 23.1 Å². The molecule has 5 nitrogen and oxygen atoms in total. The summed E-state index contributed by atoms with van der Waals surface area (Å²) in [5, 5.41) is 11.6. The first-order valence-corrected chi connectivity index (χ1v) is 6.28. The van der Waals surface area contributed by atoms with Crippen LogP contribution in [0.2, 0.25) is 0 Å². The lowest BCUT2D eigenvalue weighted by atomic mass is 10.1. The first-order valence-electron chi connectivity index (χ1n) is 6.28. The van der Waals surface area contributed by atoms with Crippen LogP contribution in [0.15, 0.2) is 30.3 Å². The summed E-state index contributed by atoms with van der Waals surface area (Å²) in [5.74, 6) is -2.30.